The molecule has 1 aromatic carbocycles. The highest BCUT2D eigenvalue weighted by Crippen LogP contribution is 2.27. The van der Waals surface area contributed by atoms with Crippen LogP contribution in [0.4, 0.5) is 5.69 Å². The largest absolute Gasteiger partial charge is 0.510 e. The van der Waals surface area contributed by atoms with Crippen LogP contribution >= 0.6 is 23.2 Å². The second-order valence-electron chi connectivity index (χ2n) is 5.17. The highest BCUT2D eigenvalue weighted by Gasteiger charge is 2.25. The van der Waals surface area contributed by atoms with Gasteiger partial charge >= 0.3 is 0 Å². The van der Waals surface area contributed by atoms with Gasteiger partial charge in [0.2, 0.25) is 0 Å². The summed E-state index contributed by atoms with van der Waals surface area (Å²) in [5.41, 5.74) is -0.637. The molecule has 6 heteroatoms. The lowest BCUT2D eigenvalue weighted by atomic mass is 9.90. The Hall–Kier alpha value is -1.70. The first kappa shape index (κ1) is 16.4. The molecule has 0 unspecified atom stereocenters. The zero-order valence-electron chi connectivity index (χ0n) is 11.3. The molecular weight excluding hydrogens is 299 g/mol. The molecule has 1 aromatic rings. The minimum Gasteiger partial charge on any atom is -0.510 e. The lowest BCUT2D eigenvalue weighted by Gasteiger charge is -2.18. The van der Waals surface area contributed by atoms with Crippen molar-refractivity contribution in [2.75, 3.05) is 5.32 Å². The third-order valence-corrected chi connectivity index (χ3v) is 3.20. The molecule has 0 radical (unpaired) electrons. The van der Waals surface area contributed by atoms with Crippen LogP contribution in [0.2, 0.25) is 10.0 Å². The molecule has 0 aliphatic heterocycles. The normalized spacial score (nSPS) is 12.4. The predicted molar refractivity (Wildman–Crippen MR) is 79.8 cm³/mol. The summed E-state index contributed by atoms with van der Waals surface area (Å²) in [6.07, 6.45) is 0. The van der Waals surface area contributed by atoms with E-state index >= 15 is 0 Å². The molecule has 0 saturated heterocycles. The average Bonchev–Trinajstić information content (AvgIpc) is 2.33. The highest BCUT2D eigenvalue weighted by molar-refractivity contribution is 6.42. The number of halogens is 2. The quantitative estimate of drug-likeness (QED) is 0.485. The van der Waals surface area contributed by atoms with Crippen molar-refractivity contribution >= 4 is 34.8 Å². The third-order valence-electron chi connectivity index (χ3n) is 2.46. The maximum atomic E-state index is 12.0. The van der Waals surface area contributed by atoms with Crippen molar-refractivity contribution in [3.63, 3.8) is 0 Å². The highest BCUT2D eigenvalue weighted by atomic mass is 35.5. The number of anilines is 1. The molecule has 0 heterocycles. The summed E-state index contributed by atoms with van der Waals surface area (Å²) in [6, 6.07) is 6.25. The number of allylic oxidation sites excluding steroid dienone is 1. The summed E-state index contributed by atoms with van der Waals surface area (Å²) in [5.74, 6) is -0.962. The topological polar surface area (TPSA) is 73.1 Å². The minimum atomic E-state index is -0.696. The smallest absolute Gasteiger partial charge is 0.269 e. The van der Waals surface area contributed by atoms with Crippen molar-refractivity contribution in [3.05, 3.63) is 39.6 Å². The maximum absolute atomic E-state index is 12.0. The molecule has 1 rings (SSSR count). The van der Waals surface area contributed by atoms with E-state index < -0.39 is 11.3 Å². The molecule has 1 amide bonds. The van der Waals surface area contributed by atoms with Crippen LogP contribution in [0.25, 0.3) is 0 Å². The molecule has 20 heavy (non-hydrogen) atoms. The van der Waals surface area contributed by atoms with Crippen LogP contribution in [0.15, 0.2) is 29.5 Å². The summed E-state index contributed by atoms with van der Waals surface area (Å²) in [6.45, 7) is 5.10. The molecule has 0 bridgehead atoms. The number of benzene rings is 1. The van der Waals surface area contributed by atoms with Gasteiger partial charge in [0.05, 0.1) is 10.0 Å². The second kappa shape index (κ2) is 6.17. The van der Waals surface area contributed by atoms with Gasteiger partial charge in [-0.05, 0) is 18.2 Å². The summed E-state index contributed by atoms with van der Waals surface area (Å²) < 4.78 is 0. The molecule has 0 aromatic heterocycles. The number of aliphatic hydroxyl groups is 1. The van der Waals surface area contributed by atoms with Gasteiger partial charge in [0.1, 0.15) is 11.8 Å². The Morgan fingerprint density at radius 1 is 1.30 bits per heavy atom. The van der Waals surface area contributed by atoms with Crippen LogP contribution in [0, 0.1) is 16.7 Å². The number of nitrogens with zero attached hydrogens (tertiary/aromatic N) is 1. The zero-order chi connectivity index (χ0) is 15.5. The van der Waals surface area contributed by atoms with Crippen molar-refractivity contribution in [1.82, 2.24) is 0 Å². The van der Waals surface area contributed by atoms with E-state index in [9.17, 15) is 9.90 Å². The monoisotopic (exact) mass is 312 g/mol. The van der Waals surface area contributed by atoms with Crippen LogP contribution in [0.1, 0.15) is 20.8 Å². The zero-order valence-corrected chi connectivity index (χ0v) is 12.8. The number of hydrogen-bond donors (Lipinski definition) is 2. The Morgan fingerprint density at radius 2 is 1.90 bits per heavy atom. The first-order valence-electron chi connectivity index (χ1n) is 5.77. The molecule has 4 nitrogen and oxygen atoms in total. The van der Waals surface area contributed by atoms with E-state index in [0.29, 0.717) is 10.7 Å². The van der Waals surface area contributed by atoms with E-state index in [4.69, 9.17) is 28.5 Å². The first-order chi connectivity index (χ1) is 9.16. The van der Waals surface area contributed by atoms with Crippen LogP contribution in [-0.2, 0) is 4.79 Å². The number of hydrogen-bond acceptors (Lipinski definition) is 3. The molecule has 0 saturated carbocycles. The van der Waals surface area contributed by atoms with E-state index in [2.05, 4.69) is 5.32 Å². The van der Waals surface area contributed by atoms with Gasteiger partial charge in [-0.3, -0.25) is 4.79 Å². The van der Waals surface area contributed by atoms with Gasteiger partial charge in [0.25, 0.3) is 5.91 Å². The molecule has 0 fully saturated rings. The van der Waals surface area contributed by atoms with Crippen LogP contribution in [0.3, 0.4) is 0 Å². The van der Waals surface area contributed by atoms with Crippen molar-refractivity contribution in [2.24, 2.45) is 5.41 Å². The molecule has 106 valence electrons. The van der Waals surface area contributed by atoms with Gasteiger partial charge < -0.3 is 10.4 Å². The number of carbonyl (C=O) groups is 1. The number of nitrogens with one attached hydrogen (secondary N) is 1. The maximum Gasteiger partial charge on any atom is 0.269 e. The lowest BCUT2D eigenvalue weighted by molar-refractivity contribution is -0.112. The standard InChI is InChI=1S/C14H14Cl2N2O2/c1-14(2,3)12(19)9(7-17)13(20)18-8-4-5-10(15)11(16)6-8/h4-6,19H,1-3H3,(H,18,20). The SMILES string of the molecule is CC(C)(C)C(O)=C(C#N)C(=O)Nc1ccc(Cl)c(Cl)c1. The lowest BCUT2D eigenvalue weighted by Crippen LogP contribution is -2.20. The Bertz CT molecular complexity index is 611. The van der Waals surface area contributed by atoms with E-state index in [1.54, 1.807) is 32.9 Å². The van der Waals surface area contributed by atoms with E-state index in [1.807, 2.05) is 0 Å². The summed E-state index contributed by atoms with van der Waals surface area (Å²) in [5, 5.41) is 22.1. The van der Waals surface area contributed by atoms with Gasteiger partial charge in [-0.15, -0.1) is 0 Å². The van der Waals surface area contributed by atoms with Gasteiger partial charge in [0.15, 0.2) is 5.57 Å². The number of nitriles is 1. The van der Waals surface area contributed by atoms with Crippen molar-refractivity contribution in [2.45, 2.75) is 20.8 Å². The summed E-state index contributed by atoms with van der Waals surface area (Å²) in [4.78, 5) is 12.0. The Balaban J connectivity index is 3.06. The van der Waals surface area contributed by atoms with Crippen molar-refractivity contribution in [1.29, 1.82) is 5.26 Å². The van der Waals surface area contributed by atoms with Gasteiger partial charge in [-0.1, -0.05) is 44.0 Å². The fourth-order valence-corrected chi connectivity index (χ4v) is 1.65. The van der Waals surface area contributed by atoms with Gasteiger partial charge in [-0.2, -0.15) is 5.26 Å². The third kappa shape index (κ3) is 3.89. The number of rotatable bonds is 2. The van der Waals surface area contributed by atoms with Crippen molar-refractivity contribution < 1.29 is 9.90 Å². The number of aliphatic hydroxyl groups excluding tert-OH is 1. The Labute approximate surface area is 127 Å². The van der Waals surface area contributed by atoms with Crippen molar-refractivity contribution in [3.8, 4) is 6.07 Å². The Morgan fingerprint density at radius 3 is 2.35 bits per heavy atom. The Kier molecular flexibility index (Phi) is 5.04. The fourth-order valence-electron chi connectivity index (χ4n) is 1.35. The average molecular weight is 313 g/mol. The molecule has 0 spiro atoms. The van der Waals surface area contributed by atoms with Crippen LogP contribution < -0.4 is 5.32 Å². The van der Waals surface area contributed by atoms with Gasteiger partial charge in [-0.25, -0.2) is 0 Å². The van der Waals surface area contributed by atoms with E-state index in [-0.39, 0.29) is 16.4 Å². The second-order valence-corrected chi connectivity index (χ2v) is 5.98. The van der Waals surface area contributed by atoms with E-state index in [1.165, 1.54) is 12.1 Å². The van der Waals surface area contributed by atoms with Crippen LogP contribution in [-0.4, -0.2) is 11.0 Å². The molecule has 2 N–H and O–H groups in total. The number of carbonyl (C=O) groups excluding carboxylic acids is 1. The molecule has 0 aliphatic carbocycles. The van der Waals surface area contributed by atoms with E-state index in [0.717, 1.165) is 0 Å². The summed E-state index contributed by atoms with van der Waals surface area (Å²) in [7, 11) is 0. The molecular formula is C14H14Cl2N2O2. The van der Waals surface area contributed by atoms with Crippen LogP contribution in [0.5, 0.6) is 0 Å². The number of amides is 1. The summed E-state index contributed by atoms with van der Waals surface area (Å²) >= 11 is 11.6. The first-order valence-corrected chi connectivity index (χ1v) is 6.52. The fraction of sp³-hybridized carbons (Fsp3) is 0.286. The molecule has 0 aliphatic rings. The predicted octanol–water partition coefficient (Wildman–Crippen LogP) is 4.31. The molecule has 0 atom stereocenters. The minimum absolute atomic E-state index is 0.266. The van der Waals surface area contributed by atoms with Gasteiger partial charge in [0, 0.05) is 11.1 Å².